The van der Waals surface area contributed by atoms with Crippen LogP contribution in [0.15, 0.2) is 70.5 Å². The summed E-state index contributed by atoms with van der Waals surface area (Å²) in [6.07, 6.45) is 1.90. The number of Topliss-reactive ketones (excluding diaryl/α,β-unsaturated/α-hetero) is 1. The van der Waals surface area contributed by atoms with Gasteiger partial charge in [0, 0.05) is 15.5 Å². The number of hydrogen-bond donors (Lipinski definition) is 0. The Balaban J connectivity index is 1.58. The van der Waals surface area contributed by atoms with E-state index >= 15 is 0 Å². The van der Waals surface area contributed by atoms with Crippen molar-refractivity contribution in [2.75, 3.05) is 7.11 Å². The summed E-state index contributed by atoms with van der Waals surface area (Å²) in [6.45, 7) is 0.410. The van der Waals surface area contributed by atoms with Crippen LogP contribution in [0.3, 0.4) is 0 Å². The van der Waals surface area contributed by atoms with Gasteiger partial charge in [0.1, 0.15) is 6.61 Å². The first-order chi connectivity index (χ1) is 14.0. The molecule has 0 fully saturated rings. The molecule has 0 saturated carbocycles. The largest absolute Gasteiger partial charge is 0.493 e. The maximum atomic E-state index is 12.6. The third-order valence-corrected chi connectivity index (χ3v) is 6.57. The van der Waals surface area contributed by atoms with Crippen molar-refractivity contribution in [3.8, 4) is 11.5 Å². The molecule has 0 atom stereocenters. The fourth-order valence-corrected chi connectivity index (χ4v) is 4.95. The summed E-state index contributed by atoms with van der Waals surface area (Å²) in [5.41, 5.74) is 2.67. The zero-order chi connectivity index (χ0) is 20.4. The number of carbonyl (C=O) groups excluding carboxylic acids is 1. The normalized spacial score (nSPS) is 14.2. The number of ketones is 1. The molecule has 146 valence electrons. The molecule has 1 heterocycles. The Morgan fingerprint density at radius 3 is 2.59 bits per heavy atom. The molecule has 0 radical (unpaired) electrons. The summed E-state index contributed by atoms with van der Waals surface area (Å²) in [6, 6.07) is 19.1. The van der Waals surface area contributed by atoms with Crippen molar-refractivity contribution < 1.29 is 14.3 Å². The number of fused-ring (bicyclic) bond motifs is 1. The van der Waals surface area contributed by atoms with Crippen molar-refractivity contribution >= 4 is 57.8 Å². The van der Waals surface area contributed by atoms with Crippen LogP contribution >= 0.6 is 46.0 Å². The highest BCUT2D eigenvalue weighted by molar-refractivity contribution is 14.1. The first-order valence-electron chi connectivity index (χ1n) is 8.83. The second-order valence-corrected chi connectivity index (χ2v) is 9.07. The van der Waals surface area contributed by atoms with Crippen molar-refractivity contribution in [1.82, 2.24) is 0 Å². The van der Waals surface area contributed by atoms with Crippen molar-refractivity contribution in [3.05, 3.63) is 90.9 Å². The lowest BCUT2D eigenvalue weighted by molar-refractivity contribution is 0.104. The maximum Gasteiger partial charge on any atom is 0.200 e. The summed E-state index contributed by atoms with van der Waals surface area (Å²) in [5.74, 6) is 1.37. The zero-order valence-corrected chi connectivity index (χ0v) is 19.2. The monoisotopic (exact) mass is 534 g/mol. The highest BCUT2D eigenvalue weighted by atomic mass is 127. The van der Waals surface area contributed by atoms with Crippen LogP contribution < -0.4 is 9.47 Å². The molecule has 1 aliphatic heterocycles. The Morgan fingerprint density at radius 1 is 1.10 bits per heavy atom. The molecule has 0 N–H and O–H groups in total. The van der Waals surface area contributed by atoms with Gasteiger partial charge < -0.3 is 9.47 Å². The minimum Gasteiger partial charge on any atom is -0.493 e. The van der Waals surface area contributed by atoms with Crippen LogP contribution in [0.5, 0.6) is 11.5 Å². The molecular weight excluding hydrogens is 519 g/mol. The van der Waals surface area contributed by atoms with Crippen LogP contribution in [-0.2, 0) is 6.61 Å². The SMILES string of the molecule is COc1cc(/C=C2\Sc3ccccc3C2=O)cc(I)c1OCc1ccc(Cl)cc1. The van der Waals surface area contributed by atoms with Crippen molar-refractivity contribution in [3.63, 3.8) is 0 Å². The van der Waals surface area contributed by atoms with Gasteiger partial charge in [-0.2, -0.15) is 0 Å². The van der Waals surface area contributed by atoms with Gasteiger partial charge in [0.05, 0.1) is 15.6 Å². The van der Waals surface area contributed by atoms with E-state index in [0.717, 1.165) is 25.2 Å². The van der Waals surface area contributed by atoms with Gasteiger partial charge >= 0.3 is 0 Å². The van der Waals surface area contributed by atoms with Gasteiger partial charge in [0.15, 0.2) is 11.5 Å². The molecule has 0 bridgehead atoms. The predicted octanol–water partition coefficient (Wildman–Crippen LogP) is 6.86. The summed E-state index contributed by atoms with van der Waals surface area (Å²) in [4.78, 5) is 14.3. The molecule has 3 aromatic carbocycles. The van der Waals surface area contributed by atoms with Gasteiger partial charge in [0.25, 0.3) is 0 Å². The molecule has 3 aromatic rings. The first kappa shape index (κ1) is 20.3. The third kappa shape index (κ3) is 4.47. The highest BCUT2D eigenvalue weighted by Crippen LogP contribution is 2.42. The fraction of sp³-hybridized carbons (Fsp3) is 0.0870. The topological polar surface area (TPSA) is 35.5 Å². The molecule has 0 spiro atoms. The molecule has 0 saturated heterocycles. The standard InChI is InChI=1S/C23H16ClIO3S/c1-27-19-11-15(12-21-22(26)17-4-2-3-5-20(17)29-21)10-18(25)23(19)28-13-14-6-8-16(24)9-7-14/h2-12H,13H2,1H3/b21-12-. The van der Waals surface area contributed by atoms with E-state index in [0.29, 0.717) is 28.0 Å². The fourth-order valence-electron chi connectivity index (χ4n) is 2.99. The van der Waals surface area contributed by atoms with Gasteiger partial charge in [-0.15, -0.1) is 0 Å². The van der Waals surface area contributed by atoms with Crippen molar-refractivity contribution in [1.29, 1.82) is 0 Å². The number of halogens is 2. The number of hydrogen-bond acceptors (Lipinski definition) is 4. The Hall–Kier alpha value is -1.96. The van der Waals surface area contributed by atoms with Crippen LogP contribution in [0.4, 0.5) is 0 Å². The zero-order valence-electron chi connectivity index (χ0n) is 15.4. The van der Waals surface area contributed by atoms with Gasteiger partial charge in [-0.25, -0.2) is 0 Å². The molecule has 3 nitrogen and oxygen atoms in total. The Kier molecular flexibility index (Phi) is 6.18. The Bertz CT molecular complexity index is 1110. The van der Waals surface area contributed by atoms with E-state index in [1.165, 1.54) is 11.8 Å². The van der Waals surface area contributed by atoms with Gasteiger partial charge in [-0.1, -0.05) is 47.6 Å². The average molecular weight is 535 g/mol. The summed E-state index contributed by atoms with van der Waals surface area (Å²) in [7, 11) is 1.61. The molecule has 1 aliphatic rings. The second-order valence-electron chi connectivity index (χ2n) is 6.39. The van der Waals surface area contributed by atoms with E-state index in [-0.39, 0.29) is 5.78 Å². The lowest BCUT2D eigenvalue weighted by atomic mass is 10.1. The van der Waals surface area contributed by atoms with Gasteiger partial charge in [0.2, 0.25) is 5.78 Å². The number of benzene rings is 3. The number of rotatable bonds is 5. The number of methoxy groups -OCH3 is 1. The van der Waals surface area contributed by atoms with E-state index in [1.807, 2.05) is 66.7 Å². The van der Waals surface area contributed by atoms with E-state index in [4.69, 9.17) is 21.1 Å². The summed E-state index contributed by atoms with van der Waals surface area (Å²) in [5, 5.41) is 0.694. The summed E-state index contributed by atoms with van der Waals surface area (Å²) >= 11 is 9.66. The maximum absolute atomic E-state index is 12.6. The van der Waals surface area contributed by atoms with E-state index < -0.39 is 0 Å². The highest BCUT2D eigenvalue weighted by Gasteiger charge is 2.25. The quantitative estimate of drug-likeness (QED) is 0.265. The molecule has 0 unspecified atom stereocenters. The minimum atomic E-state index is 0.0580. The van der Waals surface area contributed by atoms with Crippen LogP contribution in [0.25, 0.3) is 6.08 Å². The lowest BCUT2D eigenvalue weighted by Crippen LogP contribution is -2.00. The molecule has 6 heteroatoms. The van der Waals surface area contributed by atoms with Crippen LogP contribution in [0, 0.1) is 3.57 Å². The number of thioether (sulfide) groups is 1. The number of carbonyl (C=O) groups is 1. The Morgan fingerprint density at radius 2 is 1.86 bits per heavy atom. The van der Waals surface area contributed by atoms with E-state index in [9.17, 15) is 4.79 Å². The van der Waals surface area contributed by atoms with Gasteiger partial charge in [-0.3, -0.25) is 4.79 Å². The molecule has 0 aromatic heterocycles. The molecular formula is C23H16ClIO3S. The molecule has 0 aliphatic carbocycles. The average Bonchev–Trinajstić information content (AvgIpc) is 3.04. The van der Waals surface area contributed by atoms with Crippen LogP contribution in [0.1, 0.15) is 21.5 Å². The predicted molar refractivity (Wildman–Crippen MR) is 126 cm³/mol. The second kappa shape index (κ2) is 8.81. The third-order valence-electron chi connectivity index (χ3n) is 4.42. The van der Waals surface area contributed by atoms with E-state index in [1.54, 1.807) is 7.11 Å². The smallest absolute Gasteiger partial charge is 0.200 e. The van der Waals surface area contributed by atoms with Gasteiger partial charge in [-0.05, 0) is 76.2 Å². The lowest BCUT2D eigenvalue weighted by Gasteiger charge is -2.14. The van der Waals surface area contributed by atoms with Crippen LogP contribution in [-0.4, -0.2) is 12.9 Å². The molecule has 29 heavy (non-hydrogen) atoms. The summed E-state index contributed by atoms with van der Waals surface area (Å²) < 4.78 is 12.5. The molecule has 0 amide bonds. The number of ether oxygens (including phenoxy) is 2. The Labute approximate surface area is 192 Å². The van der Waals surface area contributed by atoms with E-state index in [2.05, 4.69) is 22.6 Å². The van der Waals surface area contributed by atoms with Crippen LogP contribution in [0.2, 0.25) is 5.02 Å². The minimum absolute atomic E-state index is 0.0580. The van der Waals surface area contributed by atoms with Crippen molar-refractivity contribution in [2.24, 2.45) is 0 Å². The first-order valence-corrected chi connectivity index (χ1v) is 11.1. The number of allylic oxidation sites excluding steroid dienone is 1. The molecule has 4 rings (SSSR count). The van der Waals surface area contributed by atoms with Crippen molar-refractivity contribution in [2.45, 2.75) is 11.5 Å².